The largest absolute Gasteiger partial charge is 0.415 e. The van der Waals surface area contributed by atoms with Crippen molar-refractivity contribution in [2.75, 3.05) is 0 Å². The van der Waals surface area contributed by atoms with Crippen LogP contribution < -0.4 is 0 Å². The number of rotatable bonds is 5. The lowest BCUT2D eigenvalue weighted by molar-refractivity contribution is 0.116. The average Bonchev–Trinajstić information content (AvgIpc) is 3.33. The first-order valence-corrected chi connectivity index (χ1v) is 7.59. The van der Waals surface area contributed by atoms with Crippen molar-refractivity contribution < 1.29 is 13.2 Å². The molecular weight excluding hydrogens is 344 g/mol. The molecule has 0 bridgehead atoms. The molecule has 0 aliphatic rings. The van der Waals surface area contributed by atoms with Crippen molar-refractivity contribution in [3.05, 3.63) is 60.2 Å². The van der Waals surface area contributed by atoms with Gasteiger partial charge in [0, 0.05) is 11.8 Å². The first-order valence-electron chi connectivity index (χ1n) is 7.59. The molecule has 3 aromatic heterocycles. The maximum absolute atomic E-state index is 12.5. The van der Waals surface area contributed by atoms with Gasteiger partial charge in [-0.05, 0) is 17.3 Å². The Bertz CT molecular complexity index is 999. The molecule has 4 aromatic rings. The highest BCUT2D eigenvalue weighted by Crippen LogP contribution is 2.22. The highest BCUT2D eigenvalue weighted by Gasteiger charge is 2.17. The molecule has 10 heteroatoms. The minimum absolute atomic E-state index is 0.00963. The van der Waals surface area contributed by atoms with Crippen molar-refractivity contribution in [1.82, 2.24) is 35.4 Å². The van der Waals surface area contributed by atoms with Crippen LogP contribution in [0.4, 0.5) is 8.78 Å². The van der Waals surface area contributed by atoms with E-state index in [4.69, 9.17) is 4.42 Å². The number of hydrogen-bond donors (Lipinski definition) is 0. The number of tetrazole rings is 1. The maximum Gasteiger partial charge on any atom is 0.314 e. The monoisotopic (exact) mass is 355 g/mol. The van der Waals surface area contributed by atoms with E-state index in [2.05, 4.69) is 30.6 Å². The van der Waals surface area contributed by atoms with Gasteiger partial charge in [0.15, 0.2) is 0 Å². The van der Waals surface area contributed by atoms with E-state index < -0.39 is 12.3 Å². The van der Waals surface area contributed by atoms with E-state index in [1.54, 1.807) is 12.1 Å². The van der Waals surface area contributed by atoms with Crippen molar-refractivity contribution in [3.8, 4) is 22.8 Å². The van der Waals surface area contributed by atoms with Crippen LogP contribution in [0.2, 0.25) is 0 Å². The summed E-state index contributed by atoms with van der Waals surface area (Å²) < 4.78 is 29.9. The molecular formula is C16H11F2N7O. The number of hydrogen-bond acceptors (Lipinski definition) is 7. The molecule has 0 aliphatic carbocycles. The average molecular weight is 355 g/mol. The summed E-state index contributed by atoms with van der Waals surface area (Å²) in [7, 11) is 0. The van der Waals surface area contributed by atoms with E-state index in [1.807, 2.05) is 30.3 Å². The molecule has 0 saturated heterocycles. The van der Waals surface area contributed by atoms with Crippen LogP contribution in [0.25, 0.3) is 22.8 Å². The molecule has 0 radical (unpaired) electrons. The van der Waals surface area contributed by atoms with Crippen LogP contribution in [0.1, 0.15) is 18.0 Å². The molecule has 130 valence electrons. The molecule has 0 amide bonds. The van der Waals surface area contributed by atoms with E-state index in [0.29, 0.717) is 23.6 Å². The smallest absolute Gasteiger partial charge is 0.314 e. The van der Waals surface area contributed by atoms with Crippen molar-refractivity contribution in [2.24, 2.45) is 0 Å². The summed E-state index contributed by atoms with van der Waals surface area (Å²) in [5.41, 5.74) is 1.98. The van der Waals surface area contributed by atoms with E-state index in [9.17, 15) is 8.78 Å². The summed E-state index contributed by atoms with van der Waals surface area (Å²) in [6.45, 7) is 0.312. The van der Waals surface area contributed by atoms with Gasteiger partial charge in [-0.15, -0.1) is 20.4 Å². The van der Waals surface area contributed by atoms with Gasteiger partial charge in [0.05, 0.1) is 11.3 Å². The van der Waals surface area contributed by atoms with Crippen LogP contribution in [-0.4, -0.2) is 35.4 Å². The van der Waals surface area contributed by atoms with Crippen molar-refractivity contribution in [2.45, 2.75) is 13.0 Å². The van der Waals surface area contributed by atoms with Crippen molar-refractivity contribution >= 4 is 0 Å². The van der Waals surface area contributed by atoms with Gasteiger partial charge in [0.25, 0.3) is 5.89 Å². The Morgan fingerprint density at radius 3 is 2.50 bits per heavy atom. The van der Waals surface area contributed by atoms with Crippen molar-refractivity contribution in [1.29, 1.82) is 0 Å². The molecule has 0 spiro atoms. The molecule has 0 saturated carbocycles. The summed E-state index contributed by atoms with van der Waals surface area (Å²) in [5.74, 6) is -0.207. The van der Waals surface area contributed by atoms with Gasteiger partial charge in [-0.3, -0.25) is 4.98 Å². The number of pyridine rings is 1. The topological polar surface area (TPSA) is 95.4 Å². The molecule has 4 rings (SSSR count). The predicted molar refractivity (Wildman–Crippen MR) is 84.8 cm³/mol. The van der Waals surface area contributed by atoms with Gasteiger partial charge >= 0.3 is 6.43 Å². The SMILES string of the molecule is FC(F)c1nnc(-c2ccc(Cn3nnc(-c4ccccc4)n3)nc2)o1. The third-order valence-corrected chi connectivity index (χ3v) is 3.49. The highest BCUT2D eigenvalue weighted by molar-refractivity contribution is 5.53. The van der Waals surface area contributed by atoms with Gasteiger partial charge in [-0.2, -0.15) is 13.6 Å². The van der Waals surface area contributed by atoms with Gasteiger partial charge < -0.3 is 4.42 Å². The quantitative estimate of drug-likeness (QED) is 0.543. The lowest BCUT2D eigenvalue weighted by Gasteiger charge is -2.00. The van der Waals surface area contributed by atoms with E-state index in [1.165, 1.54) is 11.0 Å². The minimum atomic E-state index is -2.80. The Labute approximate surface area is 145 Å². The Morgan fingerprint density at radius 1 is 0.962 bits per heavy atom. The van der Waals surface area contributed by atoms with Crippen LogP contribution in [0.3, 0.4) is 0 Å². The second kappa shape index (κ2) is 6.75. The van der Waals surface area contributed by atoms with E-state index in [0.717, 1.165) is 5.56 Å². The number of nitrogens with zero attached hydrogens (tertiary/aromatic N) is 7. The normalized spacial score (nSPS) is 11.2. The molecule has 3 heterocycles. The zero-order chi connectivity index (χ0) is 17.9. The van der Waals surface area contributed by atoms with Gasteiger partial charge in [0.1, 0.15) is 6.54 Å². The zero-order valence-electron chi connectivity index (χ0n) is 13.2. The number of aromatic nitrogens is 7. The third kappa shape index (κ3) is 3.29. The maximum atomic E-state index is 12.5. The lowest BCUT2D eigenvalue weighted by atomic mass is 10.2. The van der Waals surface area contributed by atoms with Crippen LogP contribution in [0.5, 0.6) is 0 Å². The second-order valence-electron chi connectivity index (χ2n) is 5.29. The summed E-state index contributed by atoms with van der Waals surface area (Å²) in [6.07, 6.45) is -1.34. The lowest BCUT2D eigenvalue weighted by Crippen LogP contribution is -2.05. The second-order valence-corrected chi connectivity index (χ2v) is 5.29. The minimum Gasteiger partial charge on any atom is -0.415 e. The molecule has 0 unspecified atom stereocenters. The number of alkyl halides is 2. The van der Waals surface area contributed by atoms with Crippen molar-refractivity contribution in [3.63, 3.8) is 0 Å². The van der Waals surface area contributed by atoms with Gasteiger partial charge in [-0.25, -0.2) is 0 Å². The van der Waals surface area contributed by atoms with Crippen LogP contribution in [-0.2, 0) is 6.54 Å². The third-order valence-electron chi connectivity index (χ3n) is 3.49. The predicted octanol–water partition coefficient (Wildman–Crippen LogP) is 2.77. The summed E-state index contributed by atoms with van der Waals surface area (Å²) >= 11 is 0. The van der Waals surface area contributed by atoms with E-state index in [-0.39, 0.29) is 5.89 Å². The standard InChI is InChI=1S/C16H11F2N7O/c17-13(18)16-22-21-15(26-16)11-6-7-12(19-8-11)9-25-23-14(20-24-25)10-4-2-1-3-5-10/h1-8,13H,9H2. The van der Waals surface area contributed by atoms with Gasteiger partial charge in [-0.1, -0.05) is 30.3 Å². The molecule has 26 heavy (non-hydrogen) atoms. The zero-order valence-corrected chi connectivity index (χ0v) is 13.2. The Balaban J connectivity index is 1.48. The Kier molecular flexibility index (Phi) is 4.14. The van der Waals surface area contributed by atoms with Crippen LogP contribution in [0.15, 0.2) is 53.1 Å². The summed E-state index contributed by atoms with van der Waals surface area (Å²) in [4.78, 5) is 5.67. The first-order chi connectivity index (χ1) is 12.7. The van der Waals surface area contributed by atoms with Crippen LogP contribution in [0, 0.1) is 0 Å². The highest BCUT2D eigenvalue weighted by atomic mass is 19.3. The number of benzene rings is 1. The molecule has 0 fully saturated rings. The number of halogens is 2. The fourth-order valence-electron chi connectivity index (χ4n) is 2.24. The molecule has 0 N–H and O–H groups in total. The van der Waals surface area contributed by atoms with E-state index >= 15 is 0 Å². The fourth-order valence-corrected chi connectivity index (χ4v) is 2.24. The Morgan fingerprint density at radius 2 is 1.81 bits per heavy atom. The fraction of sp³-hybridized carbons (Fsp3) is 0.125. The first kappa shape index (κ1) is 15.9. The van der Waals surface area contributed by atoms with Crippen LogP contribution >= 0.6 is 0 Å². The Hall–Kier alpha value is -3.56. The molecule has 0 atom stereocenters. The summed E-state index contributed by atoms with van der Waals surface area (Å²) in [6, 6.07) is 12.8. The molecule has 1 aromatic carbocycles. The summed E-state index contributed by atoms with van der Waals surface area (Å²) in [5, 5.41) is 19.2. The molecule has 0 aliphatic heterocycles. The molecule has 8 nitrogen and oxygen atoms in total. The van der Waals surface area contributed by atoms with Gasteiger partial charge in [0.2, 0.25) is 11.7 Å².